The monoisotopic (exact) mass is 859 g/mol. The molecule has 13 heteroatoms. The van der Waals surface area contributed by atoms with E-state index in [0.29, 0.717) is 13.0 Å². The molecule has 0 spiro atoms. The van der Waals surface area contributed by atoms with E-state index in [0.717, 1.165) is 103 Å². The predicted octanol–water partition coefficient (Wildman–Crippen LogP) is 9.25. The van der Waals surface area contributed by atoms with Gasteiger partial charge in [0.05, 0.1) is 13.2 Å². The van der Waals surface area contributed by atoms with E-state index in [1.165, 1.54) is 44.9 Å². The minimum absolute atomic E-state index is 0.0898. The Kier molecular flexibility index (Phi) is 34.6. The van der Waals surface area contributed by atoms with Crippen LogP contribution < -0.4 is 0 Å². The van der Waals surface area contributed by atoms with E-state index < -0.39 is 63.1 Å². The molecule has 0 amide bonds. The second-order valence-corrected chi connectivity index (χ2v) is 17.3. The number of rotatable bonds is 38. The lowest BCUT2D eigenvalue weighted by Gasteiger charge is -2.41. The molecule has 0 aromatic rings. The third-order valence-electron chi connectivity index (χ3n) is 10.4. The zero-order valence-corrected chi connectivity index (χ0v) is 37.4. The fourth-order valence-corrected chi connectivity index (χ4v) is 7.75. The van der Waals surface area contributed by atoms with Crippen LogP contribution in [0, 0.1) is 0 Å². The Bertz CT molecular complexity index is 1160. The molecule has 12 nitrogen and oxygen atoms in total. The van der Waals surface area contributed by atoms with E-state index in [1.807, 2.05) is 0 Å². The zero-order valence-electron chi connectivity index (χ0n) is 36.5. The lowest BCUT2D eigenvalue weighted by molar-refractivity contribution is -0.220. The summed E-state index contributed by atoms with van der Waals surface area (Å²) in [7, 11) is -5.02. The van der Waals surface area contributed by atoms with E-state index in [-0.39, 0.29) is 13.0 Å². The van der Waals surface area contributed by atoms with Gasteiger partial charge in [0.2, 0.25) is 0 Å². The van der Waals surface area contributed by atoms with Crippen LogP contribution in [0.2, 0.25) is 0 Å². The number of aliphatic hydroxyl groups is 5. The molecule has 1 rings (SSSR count). The molecule has 0 heterocycles. The molecule has 1 fully saturated rings. The third kappa shape index (κ3) is 29.3. The first-order valence-corrected chi connectivity index (χ1v) is 24.5. The highest BCUT2D eigenvalue weighted by atomic mass is 31.2. The molecule has 6 unspecified atom stereocenters. The molecule has 0 radical (unpaired) electrons. The van der Waals surface area contributed by atoms with Gasteiger partial charge in [0.25, 0.3) is 0 Å². The van der Waals surface area contributed by atoms with Crippen molar-refractivity contribution >= 4 is 13.8 Å². The largest absolute Gasteiger partial charge is 0.472 e. The SMILES string of the molecule is CC/C=C\C/C=C\C/C=C\CCCCCCCCOCC(COP(=O)(O)OC1C(O)C(O)C(O)C(O)C1O)OC(=O)CCCCCCC/C=C\CCCCCCCCC. The molecule has 344 valence electrons. The number of aliphatic hydroxyl groups excluding tert-OH is 5. The molecule has 0 saturated heterocycles. The van der Waals surface area contributed by atoms with Gasteiger partial charge in [0, 0.05) is 13.0 Å². The van der Waals surface area contributed by atoms with E-state index in [1.54, 1.807) is 0 Å². The molecular formula is C46H83O12P. The number of ether oxygens (including phenoxy) is 2. The molecule has 0 aromatic heterocycles. The normalized spacial score (nSPS) is 22.9. The molecular weight excluding hydrogens is 775 g/mol. The molecule has 59 heavy (non-hydrogen) atoms. The Labute approximate surface area is 356 Å². The van der Waals surface area contributed by atoms with Crippen LogP contribution in [0.15, 0.2) is 48.6 Å². The van der Waals surface area contributed by atoms with Gasteiger partial charge in [0.15, 0.2) is 0 Å². The standard InChI is InChI=1S/C46H83O12P/c1-3-5-7-9-11-13-15-17-19-21-23-25-27-29-31-33-35-40(47)57-39(38-56-59(53,54)58-46-44(51)42(49)41(48)43(50)45(46)52)37-55-36-34-32-30-28-26-24-22-20-18-16-14-12-10-8-6-4-2/h6,8,12,14,18-21,39,41-46,48-52H,3-5,7,9-11,13,15-17,22-38H2,1-2H3,(H,53,54)/b8-6-,14-12-,20-18-,21-19-. The topological polar surface area (TPSA) is 192 Å². The van der Waals surface area contributed by atoms with Crippen LogP contribution in [-0.4, -0.2) is 98.9 Å². The Morgan fingerprint density at radius 2 is 1.00 bits per heavy atom. The van der Waals surface area contributed by atoms with Crippen LogP contribution in [0.3, 0.4) is 0 Å². The number of unbranched alkanes of at least 4 members (excludes halogenated alkanes) is 18. The van der Waals surface area contributed by atoms with Crippen molar-refractivity contribution in [3.05, 3.63) is 48.6 Å². The fourth-order valence-electron chi connectivity index (χ4n) is 6.78. The van der Waals surface area contributed by atoms with Crippen LogP contribution in [0.4, 0.5) is 0 Å². The summed E-state index contributed by atoms with van der Waals surface area (Å²) in [6, 6.07) is 0. The second kappa shape index (κ2) is 36.9. The molecule has 6 N–H and O–H groups in total. The molecule has 6 atom stereocenters. The van der Waals surface area contributed by atoms with Gasteiger partial charge in [-0.2, -0.15) is 0 Å². The highest BCUT2D eigenvalue weighted by Gasteiger charge is 2.51. The Balaban J connectivity index is 2.42. The van der Waals surface area contributed by atoms with Crippen molar-refractivity contribution in [1.82, 2.24) is 0 Å². The highest BCUT2D eigenvalue weighted by Crippen LogP contribution is 2.47. The van der Waals surface area contributed by atoms with Crippen molar-refractivity contribution in [3.8, 4) is 0 Å². The zero-order chi connectivity index (χ0) is 43.4. The number of carbonyl (C=O) groups excluding carboxylic acids is 1. The van der Waals surface area contributed by atoms with Crippen molar-refractivity contribution in [2.75, 3.05) is 19.8 Å². The first-order chi connectivity index (χ1) is 28.5. The molecule has 0 aliphatic heterocycles. The summed E-state index contributed by atoms with van der Waals surface area (Å²) in [5.74, 6) is -0.492. The number of esters is 1. The van der Waals surface area contributed by atoms with Crippen LogP contribution in [0.1, 0.15) is 174 Å². The smallest absolute Gasteiger partial charge is 0.457 e. The van der Waals surface area contributed by atoms with E-state index in [4.69, 9.17) is 18.5 Å². The van der Waals surface area contributed by atoms with Crippen LogP contribution in [0.25, 0.3) is 0 Å². The average molecular weight is 859 g/mol. The summed E-state index contributed by atoms with van der Waals surface area (Å²) in [6.07, 6.45) is 31.8. The minimum atomic E-state index is -5.02. The summed E-state index contributed by atoms with van der Waals surface area (Å²) >= 11 is 0. The Morgan fingerprint density at radius 3 is 1.54 bits per heavy atom. The quantitative estimate of drug-likeness (QED) is 0.0150. The van der Waals surface area contributed by atoms with E-state index in [2.05, 4.69) is 62.5 Å². The first-order valence-electron chi connectivity index (χ1n) is 23.0. The Morgan fingerprint density at radius 1 is 0.559 bits per heavy atom. The highest BCUT2D eigenvalue weighted by molar-refractivity contribution is 7.47. The van der Waals surface area contributed by atoms with E-state index in [9.17, 15) is 39.8 Å². The minimum Gasteiger partial charge on any atom is -0.457 e. The van der Waals surface area contributed by atoms with Crippen molar-refractivity contribution in [2.24, 2.45) is 0 Å². The molecule has 1 aliphatic rings. The predicted molar refractivity (Wildman–Crippen MR) is 235 cm³/mol. The molecule has 1 aliphatic carbocycles. The van der Waals surface area contributed by atoms with Gasteiger partial charge in [-0.25, -0.2) is 4.57 Å². The van der Waals surface area contributed by atoms with Crippen molar-refractivity contribution in [3.63, 3.8) is 0 Å². The maximum Gasteiger partial charge on any atom is 0.472 e. The summed E-state index contributed by atoms with van der Waals surface area (Å²) in [5, 5.41) is 50.2. The van der Waals surface area contributed by atoms with Gasteiger partial charge < -0.3 is 39.9 Å². The number of hydrogen-bond donors (Lipinski definition) is 6. The number of allylic oxidation sites excluding steroid dienone is 8. The van der Waals surface area contributed by atoms with Crippen LogP contribution >= 0.6 is 7.82 Å². The van der Waals surface area contributed by atoms with Gasteiger partial charge in [-0.05, 0) is 70.6 Å². The second-order valence-electron chi connectivity index (χ2n) is 15.9. The van der Waals surface area contributed by atoms with Gasteiger partial charge in [-0.3, -0.25) is 13.8 Å². The third-order valence-corrected chi connectivity index (χ3v) is 11.4. The lowest BCUT2D eigenvalue weighted by atomic mass is 9.85. The van der Waals surface area contributed by atoms with E-state index >= 15 is 0 Å². The Hall–Kier alpha value is -1.70. The number of hydrogen-bond acceptors (Lipinski definition) is 11. The average Bonchev–Trinajstić information content (AvgIpc) is 3.22. The summed E-state index contributed by atoms with van der Waals surface area (Å²) in [5.41, 5.74) is 0. The number of carbonyl (C=O) groups is 1. The van der Waals surface area contributed by atoms with Crippen LogP contribution in [-0.2, 0) is 27.9 Å². The van der Waals surface area contributed by atoms with Gasteiger partial charge in [-0.15, -0.1) is 0 Å². The molecule has 0 aromatic carbocycles. The summed E-state index contributed by atoms with van der Waals surface area (Å²) in [6.45, 7) is 4.10. The van der Waals surface area contributed by atoms with Gasteiger partial charge >= 0.3 is 13.8 Å². The lowest BCUT2D eigenvalue weighted by Crippen LogP contribution is -2.64. The maximum absolute atomic E-state index is 12.8. The number of phosphoric acid groups is 1. The maximum atomic E-state index is 12.8. The summed E-state index contributed by atoms with van der Waals surface area (Å²) < 4.78 is 34.2. The van der Waals surface area contributed by atoms with Crippen molar-refractivity contribution in [1.29, 1.82) is 0 Å². The molecule has 1 saturated carbocycles. The molecule has 0 bridgehead atoms. The van der Waals surface area contributed by atoms with Crippen LogP contribution in [0.5, 0.6) is 0 Å². The fraction of sp³-hybridized carbons (Fsp3) is 0.804. The van der Waals surface area contributed by atoms with Gasteiger partial charge in [0.1, 0.15) is 42.7 Å². The summed E-state index contributed by atoms with van der Waals surface area (Å²) in [4.78, 5) is 23.1. The first kappa shape index (κ1) is 55.3. The van der Waals surface area contributed by atoms with Crippen molar-refractivity contribution in [2.45, 2.75) is 217 Å². The number of phosphoric ester groups is 1. The van der Waals surface area contributed by atoms with Gasteiger partial charge in [-0.1, -0.05) is 146 Å². The van der Waals surface area contributed by atoms with Crippen molar-refractivity contribution < 1.29 is 58.3 Å².